The van der Waals surface area contributed by atoms with Crippen LogP contribution in [0.4, 0.5) is 0 Å². The van der Waals surface area contributed by atoms with E-state index in [1.165, 1.54) is 0 Å². The van der Waals surface area contributed by atoms with Gasteiger partial charge in [0.2, 0.25) is 0 Å². The summed E-state index contributed by atoms with van der Waals surface area (Å²) in [4.78, 5) is 18.2. The van der Waals surface area contributed by atoms with Crippen molar-refractivity contribution in [2.45, 2.75) is 32.4 Å². The van der Waals surface area contributed by atoms with Gasteiger partial charge in [-0.05, 0) is 44.0 Å². The maximum atomic E-state index is 11.4. The number of aromatic nitrogens is 1. The van der Waals surface area contributed by atoms with Crippen LogP contribution in [0.2, 0.25) is 0 Å². The molecule has 116 valence electrons. The Morgan fingerprint density at radius 2 is 2.27 bits per heavy atom. The molecule has 1 fully saturated rings. The van der Waals surface area contributed by atoms with E-state index in [1.54, 1.807) is 6.20 Å². The molecule has 1 aromatic heterocycles. The fourth-order valence-electron chi connectivity index (χ4n) is 3.31. The van der Waals surface area contributed by atoms with E-state index in [4.69, 9.17) is 0 Å². The predicted octanol–water partition coefficient (Wildman–Crippen LogP) is 3.68. The number of aliphatic carboxylic acids is 1. The first-order valence-electron chi connectivity index (χ1n) is 7.57. The molecule has 1 saturated heterocycles. The minimum atomic E-state index is -0.684. The van der Waals surface area contributed by atoms with E-state index < -0.39 is 5.97 Å². The maximum Gasteiger partial charge on any atom is 0.308 e. The second-order valence-electron chi connectivity index (χ2n) is 5.90. The van der Waals surface area contributed by atoms with Gasteiger partial charge in [-0.25, -0.2) is 0 Å². The van der Waals surface area contributed by atoms with Gasteiger partial charge in [-0.15, -0.1) is 0 Å². The summed E-state index contributed by atoms with van der Waals surface area (Å²) >= 11 is 3.57. The van der Waals surface area contributed by atoms with Crippen LogP contribution in [0.25, 0.3) is 10.9 Å². The number of hydrogen-bond donors (Lipinski definition) is 1. The molecule has 2 heterocycles. The number of piperidine rings is 1. The number of hydrogen-bond acceptors (Lipinski definition) is 3. The van der Waals surface area contributed by atoms with Gasteiger partial charge in [0, 0.05) is 28.6 Å². The molecule has 3 rings (SSSR count). The minimum Gasteiger partial charge on any atom is -0.481 e. The molecular weight excluding hydrogens is 344 g/mol. The number of likely N-dealkylation sites (tertiary alicyclic amines) is 1. The highest BCUT2D eigenvalue weighted by atomic mass is 79.9. The fraction of sp³-hybridized carbons (Fsp3) is 0.412. The molecule has 0 saturated carbocycles. The van der Waals surface area contributed by atoms with E-state index in [0.29, 0.717) is 0 Å². The van der Waals surface area contributed by atoms with Crippen molar-refractivity contribution in [3.05, 3.63) is 40.5 Å². The number of nitrogens with zero attached hydrogens (tertiary/aromatic N) is 2. The van der Waals surface area contributed by atoms with Gasteiger partial charge in [0.05, 0.1) is 11.4 Å². The largest absolute Gasteiger partial charge is 0.481 e. The summed E-state index contributed by atoms with van der Waals surface area (Å²) in [7, 11) is 0. The second kappa shape index (κ2) is 6.34. The van der Waals surface area contributed by atoms with Crippen LogP contribution in [0, 0.1) is 5.92 Å². The topological polar surface area (TPSA) is 53.4 Å². The zero-order valence-corrected chi connectivity index (χ0v) is 14.1. The van der Waals surface area contributed by atoms with Gasteiger partial charge in [-0.2, -0.15) is 0 Å². The SMILES string of the molecule is C[C@@H]1[C@H](C(=O)O)CCCN1Cc1ccc(Br)c2cccnc12. The van der Waals surface area contributed by atoms with Crippen molar-refractivity contribution in [1.82, 2.24) is 9.88 Å². The zero-order chi connectivity index (χ0) is 15.7. The van der Waals surface area contributed by atoms with E-state index in [0.717, 1.165) is 46.9 Å². The number of carbonyl (C=O) groups is 1. The monoisotopic (exact) mass is 362 g/mol. The van der Waals surface area contributed by atoms with Crippen molar-refractivity contribution < 1.29 is 9.90 Å². The van der Waals surface area contributed by atoms with Crippen LogP contribution in [-0.2, 0) is 11.3 Å². The van der Waals surface area contributed by atoms with Crippen molar-refractivity contribution in [3.63, 3.8) is 0 Å². The molecule has 4 nitrogen and oxygen atoms in total. The van der Waals surface area contributed by atoms with Crippen molar-refractivity contribution in [2.75, 3.05) is 6.54 Å². The van der Waals surface area contributed by atoms with E-state index in [-0.39, 0.29) is 12.0 Å². The number of fused-ring (bicyclic) bond motifs is 1. The summed E-state index contributed by atoms with van der Waals surface area (Å²) in [5, 5.41) is 10.5. The lowest BCUT2D eigenvalue weighted by atomic mass is 9.90. The Balaban J connectivity index is 1.90. The Kier molecular flexibility index (Phi) is 4.45. The minimum absolute atomic E-state index is 0.0497. The molecule has 22 heavy (non-hydrogen) atoms. The third kappa shape index (κ3) is 2.88. The fourth-order valence-corrected chi connectivity index (χ4v) is 3.76. The molecule has 1 aliphatic heterocycles. The molecule has 0 amide bonds. The third-order valence-corrected chi connectivity index (χ3v) is 5.30. The van der Waals surface area contributed by atoms with Gasteiger partial charge in [0.1, 0.15) is 0 Å². The number of carboxylic acids is 1. The Bertz CT molecular complexity index is 704. The quantitative estimate of drug-likeness (QED) is 0.904. The molecule has 1 N–H and O–H groups in total. The summed E-state index contributed by atoms with van der Waals surface area (Å²) in [6.45, 7) is 3.70. The second-order valence-corrected chi connectivity index (χ2v) is 6.76. The highest BCUT2D eigenvalue weighted by Gasteiger charge is 2.32. The lowest BCUT2D eigenvalue weighted by molar-refractivity contribution is -0.145. The smallest absolute Gasteiger partial charge is 0.308 e. The van der Waals surface area contributed by atoms with E-state index in [1.807, 2.05) is 19.1 Å². The molecule has 0 radical (unpaired) electrons. The number of benzene rings is 1. The third-order valence-electron chi connectivity index (χ3n) is 4.61. The van der Waals surface area contributed by atoms with Crippen molar-refractivity contribution >= 4 is 32.8 Å². The van der Waals surface area contributed by atoms with Crippen LogP contribution in [0.1, 0.15) is 25.3 Å². The number of halogens is 1. The van der Waals surface area contributed by atoms with Crippen molar-refractivity contribution in [3.8, 4) is 0 Å². The molecule has 5 heteroatoms. The van der Waals surface area contributed by atoms with Gasteiger partial charge in [-0.3, -0.25) is 14.7 Å². The average molecular weight is 363 g/mol. The summed E-state index contributed by atoms with van der Waals surface area (Å²) in [5.41, 5.74) is 2.14. The lowest BCUT2D eigenvalue weighted by Gasteiger charge is -2.37. The molecule has 2 atom stereocenters. The summed E-state index contributed by atoms with van der Waals surface area (Å²) < 4.78 is 1.04. The highest BCUT2D eigenvalue weighted by molar-refractivity contribution is 9.10. The predicted molar refractivity (Wildman–Crippen MR) is 89.7 cm³/mol. The maximum absolute atomic E-state index is 11.4. The van der Waals surface area contributed by atoms with Crippen molar-refractivity contribution in [1.29, 1.82) is 0 Å². The Hall–Kier alpha value is -1.46. The molecule has 1 aliphatic rings. The van der Waals surface area contributed by atoms with E-state index >= 15 is 0 Å². The first-order chi connectivity index (χ1) is 10.6. The standard InChI is InChI=1S/C17H19BrN2O2/c1-11-13(17(21)22)5-3-9-20(11)10-12-6-7-15(18)14-4-2-8-19-16(12)14/h2,4,6-8,11,13H,3,5,9-10H2,1H3,(H,21,22)/t11-,13-/m1/s1. The molecule has 2 aromatic rings. The van der Waals surface area contributed by atoms with Gasteiger partial charge in [-0.1, -0.05) is 28.1 Å². The summed E-state index contributed by atoms with van der Waals surface area (Å²) in [6, 6.07) is 8.16. The van der Waals surface area contributed by atoms with Crippen LogP contribution in [0.3, 0.4) is 0 Å². The average Bonchev–Trinajstić information content (AvgIpc) is 2.52. The van der Waals surface area contributed by atoms with Crippen LogP contribution < -0.4 is 0 Å². The first kappa shape index (κ1) is 15.4. The Labute approximate surface area is 138 Å². The molecule has 0 unspecified atom stereocenters. The van der Waals surface area contributed by atoms with Crippen LogP contribution in [-0.4, -0.2) is 33.5 Å². The van der Waals surface area contributed by atoms with Crippen molar-refractivity contribution in [2.24, 2.45) is 5.92 Å². The van der Waals surface area contributed by atoms with Crippen LogP contribution in [0.15, 0.2) is 34.9 Å². The number of rotatable bonds is 3. The van der Waals surface area contributed by atoms with Crippen LogP contribution in [0.5, 0.6) is 0 Å². The normalized spacial score (nSPS) is 22.8. The first-order valence-corrected chi connectivity index (χ1v) is 8.36. The number of carboxylic acid groups (broad SMARTS) is 1. The van der Waals surface area contributed by atoms with Gasteiger partial charge in [0.15, 0.2) is 0 Å². The Morgan fingerprint density at radius 3 is 3.05 bits per heavy atom. The lowest BCUT2D eigenvalue weighted by Crippen LogP contribution is -2.45. The zero-order valence-electron chi connectivity index (χ0n) is 12.5. The van der Waals surface area contributed by atoms with Crippen LogP contribution >= 0.6 is 15.9 Å². The highest BCUT2D eigenvalue weighted by Crippen LogP contribution is 2.29. The molecule has 0 spiro atoms. The summed E-state index contributed by atoms with van der Waals surface area (Å²) in [5.74, 6) is -0.959. The van der Waals surface area contributed by atoms with Gasteiger partial charge >= 0.3 is 5.97 Å². The summed E-state index contributed by atoms with van der Waals surface area (Å²) in [6.07, 6.45) is 3.51. The van der Waals surface area contributed by atoms with Gasteiger partial charge < -0.3 is 5.11 Å². The van der Waals surface area contributed by atoms with E-state index in [9.17, 15) is 9.90 Å². The molecule has 0 aliphatic carbocycles. The molecule has 0 bridgehead atoms. The Morgan fingerprint density at radius 1 is 1.45 bits per heavy atom. The molecule has 1 aromatic carbocycles. The molecular formula is C17H19BrN2O2. The number of pyridine rings is 1. The van der Waals surface area contributed by atoms with Gasteiger partial charge in [0.25, 0.3) is 0 Å². The van der Waals surface area contributed by atoms with E-state index in [2.05, 4.69) is 37.9 Å².